The number of pyridine rings is 1. The second kappa shape index (κ2) is 5.99. The van der Waals surface area contributed by atoms with Crippen LogP contribution < -0.4 is 4.90 Å². The Morgan fingerprint density at radius 3 is 3.00 bits per heavy atom. The first-order valence-corrected chi connectivity index (χ1v) is 7.77. The number of aryl methyl sites for hydroxylation is 1. The number of aromatic nitrogens is 4. The van der Waals surface area contributed by atoms with Crippen molar-refractivity contribution in [1.82, 2.24) is 20.2 Å². The molecule has 22 heavy (non-hydrogen) atoms. The molecule has 1 fully saturated rings. The minimum atomic E-state index is -0.447. The van der Waals surface area contributed by atoms with Gasteiger partial charge in [-0.15, -0.1) is 0 Å². The van der Waals surface area contributed by atoms with Gasteiger partial charge in [-0.2, -0.15) is 5.10 Å². The molecule has 2 aromatic heterocycles. The molecular weight excluding hydrogens is 352 g/mol. The molecule has 1 atom stereocenters. The Morgan fingerprint density at radius 2 is 2.36 bits per heavy atom. The van der Waals surface area contributed by atoms with Crippen molar-refractivity contribution >= 4 is 27.4 Å². The van der Waals surface area contributed by atoms with Crippen molar-refractivity contribution in [2.24, 2.45) is 0 Å². The van der Waals surface area contributed by atoms with Crippen LogP contribution in [0.5, 0.6) is 0 Å². The number of anilines is 1. The lowest BCUT2D eigenvalue weighted by Gasteiger charge is -2.32. The summed E-state index contributed by atoms with van der Waals surface area (Å²) in [4.78, 5) is 21.1. The van der Waals surface area contributed by atoms with Gasteiger partial charge in [0, 0.05) is 25.1 Å². The molecule has 1 unspecified atom stereocenters. The topological polar surface area (TPSA) is 101 Å². The number of piperidine rings is 1. The quantitative estimate of drug-likeness (QED) is 0.661. The number of rotatable bonds is 3. The third kappa shape index (κ3) is 2.94. The molecule has 3 heterocycles. The Bertz CT molecular complexity index is 704. The molecule has 1 aliphatic rings. The predicted octanol–water partition coefficient (Wildman–Crippen LogP) is 2.56. The van der Waals surface area contributed by atoms with Gasteiger partial charge in [0.15, 0.2) is 5.82 Å². The lowest BCUT2D eigenvalue weighted by molar-refractivity contribution is -0.385. The van der Waals surface area contributed by atoms with E-state index in [1.807, 2.05) is 6.92 Å². The maximum Gasteiger partial charge on any atom is 0.288 e. The molecule has 1 aliphatic heterocycles. The molecule has 9 heteroatoms. The van der Waals surface area contributed by atoms with Gasteiger partial charge in [-0.1, -0.05) is 0 Å². The van der Waals surface area contributed by atoms with Gasteiger partial charge in [-0.3, -0.25) is 15.2 Å². The zero-order valence-electron chi connectivity index (χ0n) is 12.0. The molecule has 1 saturated heterocycles. The number of hydrogen-bond acceptors (Lipinski definition) is 6. The Hall–Kier alpha value is -2.03. The van der Waals surface area contributed by atoms with Crippen LogP contribution in [0.25, 0.3) is 0 Å². The zero-order valence-corrected chi connectivity index (χ0v) is 13.6. The van der Waals surface area contributed by atoms with Crippen molar-refractivity contribution in [1.29, 1.82) is 0 Å². The van der Waals surface area contributed by atoms with E-state index in [2.05, 4.69) is 41.0 Å². The second-order valence-corrected chi connectivity index (χ2v) is 6.17. The van der Waals surface area contributed by atoms with Gasteiger partial charge in [0.1, 0.15) is 17.8 Å². The van der Waals surface area contributed by atoms with Crippen molar-refractivity contribution in [2.75, 3.05) is 18.0 Å². The molecule has 2 aromatic rings. The third-order valence-corrected chi connectivity index (χ3v) is 4.30. The first-order chi connectivity index (χ1) is 10.5. The molecule has 116 valence electrons. The summed E-state index contributed by atoms with van der Waals surface area (Å²) in [6.07, 6.45) is 3.32. The summed E-state index contributed by atoms with van der Waals surface area (Å²) in [6, 6.07) is 1.49. The van der Waals surface area contributed by atoms with Gasteiger partial charge in [0.05, 0.1) is 9.40 Å². The first-order valence-electron chi connectivity index (χ1n) is 6.98. The van der Waals surface area contributed by atoms with Crippen molar-refractivity contribution in [3.05, 3.63) is 38.5 Å². The minimum absolute atomic E-state index is 0.0197. The Morgan fingerprint density at radius 1 is 1.55 bits per heavy atom. The number of aromatic amines is 1. The maximum atomic E-state index is 10.8. The van der Waals surface area contributed by atoms with E-state index in [1.54, 1.807) is 0 Å². The number of halogens is 1. The summed E-state index contributed by atoms with van der Waals surface area (Å²) in [6.45, 7) is 3.50. The third-order valence-electron chi connectivity index (χ3n) is 3.72. The van der Waals surface area contributed by atoms with E-state index in [0.717, 1.165) is 43.4 Å². The average molecular weight is 367 g/mol. The summed E-state index contributed by atoms with van der Waals surface area (Å²) in [7, 11) is 0. The molecule has 0 aromatic carbocycles. The number of H-pyrrole nitrogens is 1. The van der Waals surface area contributed by atoms with Gasteiger partial charge in [-0.25, -0.2) is 9.97 Å². The van der Waals surface area contributed by atoms with Crippen LogP contribution in [-0.2, 0) is 0 Å². The Kier molecular flexibility index (Phi) is 4.06. The maximum absolute atomic E-state index is 10.8. The van der Waals surface area contributed by atoms with Gasteiger partial charge in [0.25, 0.3) is 5.69 Å². The molecule has 0 amide bonds. The van der Waals surface area contributed by atoms with Crippen molar-refractivity contribution in [2.45, 2.75) is 25.7 Å². The molecule has 0 saturated carbocycles. The summed E-state index contributed by atoms with van der Waals surface area (Å²) in [5.74, 6) is 2.59. The van der Waals surface area contributed by atoms with E-state index in [-0.39, 0.29) is 11.6 Å². The summed E-state index contributed by atoms with van der Waals surface area (Å²) < 4.78 is 0.633. The van der Waals surface area contributed by atoms with E-state index in [4.69, 9.17) is 0 Å². The standard InChI is InChI=1S/C13H15BrN6O2/c1-8-16-12(18-17-8)9-3-2-4-19(7-9)13-11(14)5-10(6-15-13)20(21)22/h5-6,9H,2-4,7H2,1H3,(H,16,17,18). The number of nitrogens with one attached hydrogen (secondary N) is 1. The zero-order chi connectivity index (χ0) is 15.7. The Labute approximate surface area is 135 Å². The van der Waals surface area contributed by atoms with E-state index in [1.165, 1.54) is 12.3 Å². The second-order valence-electron chi connectivity index (χ2n) is 5.32. The van der Waals surface area contributed by atoms with Crippen LogP contribution in [0.3, 0.4) is 0 Å². The molecular formula is C13H15BrN6O2. The lowest BCUT2D eigenvalue weighted by atomic mass is 9.97. The van der Waals surface area contributed by atoms with Crippen LogP contribution in [0.4, 0.5) is 11.5 Å². The highest BCUT2D eigenvalue weighted by Crippen LogP contribution is 2.32. The fourth-order valence-corrected chi connectivity index (χ4v) is 3.26. The minimum Gasteiger partial charge on any atom is -0.355 e. The van der Waals surface area contributed by atoms with E-state index in [0.29, 0.717) is 4.47 Å². The number of nitro groups is 1. The van der Waals surface area contributed by atoms with Crippen LogP contribution >= 0.6 is 15.9 Å². The highest BCUT2D eigenvalue weighted by Gasteiger charge is 2.26. The van der Waals surface area contributed by atoms with Gasteiger partial charge in [-0.05, 0) is 35.7 Å². The predicted molar refractivity (Wildman–Crippen MR) is 83.9 cm³/mol. The van der Waals surface area contributed by atoms with Crippen LogP contribution in [-0.4, -0.2) is 38.2 Å². The normalized spacial score (nSPS) is 18.5. The van der Waals surface area contributed by atoms with Crippen LogP contribution in [0.1, 0.15) is 30.4 Å². The largest absolute Gasteiger partial charge is 0.355 e. The monoisotopic (exact) mass is 366 g/mol. The number of nitrogens with zero attached hydrogens (tertiary/aromatic N) is 5. The number of hydrogen-bond donors (Lipinski definition) is 1. The van der Waals surface area contributed by atoms with Crippen LogP contribution in [0, 0.1) is 17.0 Å². The first kappa shape index (κ1) is 14.9. The molecule has 0 radical (unpaired) electrons. The van der Waals surface area contributed by atoms with Crippen LogP contribution in [0.15, 0.2) is 16.7 Å². The van der Waals surface area contributed by atoms with E-state index < -0.39 is 4.92 Å². The average Bonchev–Trinajstić information content (AvgIpc) is 2.94. The smallest absolute Gasteiger partial charge is 0.288 e. The van der Waals surface area contributed by atoms with E-state index >= 15 is 0 Å². The Balaban J connectivity index is 1.81. The molecule has 8 nitrogen and oxygen atoms in total. The summed E-state index contributed by atoms with van der Waals surface area (Å²) in [5, 5.41) is 17.9. The van der Waals surface area contributed by atoms with Gasteiger partial charge < -0.3 is 4.90 Å². The molecule has 1 N–H and O–H groups in total. The van der Waals surface area contributed by atoms with Crippen molar-refractivity contribution < 1.29 is 4.92 Å². The molecule has 0 aliphatic carbocycles. The molecule has 3 rings (SSSR count). The SMILES string of the molecule is Cc1nc(C2CCCN(c3ncc([N+](=O)[O-])cc3Br)C2)n[nH]1. The van der Waals surface area contributed by atoms with Gasteiger partial charge in [0.2, 0.25) is 0 Å². The molecule has 0 bridgehead atoms. The van der Waals surface area contributed by atoms with Crippen molar-refractivity contribution in [3.63, 3.8) is 0 Å². The fourth-order valence-electron chi connectivity index (χ4n) is 2.68. The van der Waals surface area contributed by atoms with Crippen LogP contribution in [0.2, 0.25) is 0 Å². The van der Waals surface area contributed by atoms with Crippen molar-refractivity contribution in [3.8, 4) is 0 Å². The van der Waals surface area contributed by atoms with E-state index in [9.17, 15) is 10.1 Å². The highest BCUT2D eigenvalue weighted by atomic mass is 79.9. The molecule has 0 spiro atoms. The fraction of sp³-hybridized carbons (Fsp3) is 0.462. The van der Waals surface area contributed by atoms with Gasteiger partial charge >= 0.3 is 0 Å². The summed E-state index contributed by atoms with van der Waals surface area (Å²) in [5.41, 5.74) is -0.0197. The highest BCUT2D eigenvalue weighted by molar-refractivity contribution is 9.10. The summed E-state index contributed by atoms with van der Waals surface area (Å²) >= 11 is 3.39. The lowest BCUT2D eigenvalue weighted by Crippen LogP contribution is -2.35.